The molecule has 2 nitrogen and oxygen atoms in total. The third-order valence-electron chi connectivity index (χ3n) is 4.91. The second kappa shape index (κ2) is 8.05. The summed E-state index contributed by atoms with van der Waals surface area (Å²) in [5, 5.41) is 3.35. The number of nitrogens with two attached hydrogens (primary N) is 1. The SMILES string of the molecule is CCNc1ccc(/C=C/CC(C)(CC)c2ccccc2N)c(C)c1. The zero-order chi connectivity index (χ0) is 17.6. The minimum absolute atomic E-state index is 0.0689. The van der Waals surface area contributed by atoms with Crippen molar-refractivity contribution in [1.82, 2.24) is 0 Å². The van der Waals surface area contributed by atoms with Crippen molar-refractivity contribution < 1.29 is 0 Å². The standard InChI is InChI=1S/C22H30N2/c1-5-22(4,20-11-7-8-12-21(20)23)15-9-10-18-13-14-19(24-6-2)16-17(18)3/h7-14,16,24H,5-6,15,23H2,1-4H3/b10-9+. The van der Waals surface area contributed by atoms with Gasteiger partial charge in [-0.05, 0) is 67.0 Å². The van der Waals surface area contributed by atoms with E-state index in [9.17, 15) is 0 Å². The number of allylic oxidation sites excluding steroid dienone is 1. The monoisotopic (exact) mass is 322 g/mol. The fourth-order valence-corrected chi connectivity index (χ4v) is 3.11. The van der Waals surface area contributed by atoms with E-state index in [4.69, 9.17) is 5.73 Å². The predicted octanol–water partition coefficient (Wildman–Crippen LogP) is 5.78. The number of nitrogens with one attached hydrogen (secondary N) is 1. The first-order chi connectivity index (χ1) is 11.5. The predicted molar refractivity (Wildman–Crippen MR) is 107 cm³/mol. The third kappa shape index (κ3) is 4.19. The van der Waals surface area contributed by atoms with Crippen LogP contribution in [0.1, 0.15) is 50.3 Å². The highest BCUT2D eigenvalue weighted by Crippen LogP contribution is 2.35. The number of para-hydroxylation sites is 1. The molecule has 2 rings (SSSR count). The summed E-state index contributed by atoms with van der Waals surface area (Å²) in [6.45, 7) is 9.75. The van der Waals surface area contributed by atoms with E-state index in [1.165, 1.54) is 22.4 Å². The molecule has 2 heteroatoms. The Labute approximate surface area is 146 Å². The molecule has 0 radical (unpaired) electrons. The van der Waals surface area contributed by atoms with Gasteiger partial charge < -0.3 is 11.1 Å². The second-order valence-electron chi connectivity index (χ2n) is 6.71. The molecular weight excluding hydrogens is 292 g/mol. The maximum absolute atomic E-state index is 6.20. The zero-order valence-electron chi connectivity index (χ0n) is 15.4. The highest BCUT2D eigenvalue weighted by molar-refractivity contribution is 5.59. The molecule has 128 valence electrons. The molecular formula is C22H30N2. The van der Waals surface area contributed by atoms with Crippen molar-refractivity contribution >= 4 is 17.5 Å². The Kier molecular flexibility index (Phi) is 6.08. The first kappa shape index (κ1) is 18.1. The molecule has 0 amide bonds. The van der Waals surface area contributed by atoms with E-state index in [1.54, 1.807) is 0 Å². The van der Waals surface area contributed by atoms with Crippen molar-refractivity contribution in [1.29, 1.82) is 0 Å². The van der Waals surface area contributed by atoms with E-state index in [2.05, 4.69) is 75.5 Å². The van der Waals surface area contributed by atoms with Gasteiger partial charge in [0.1, 0.15) is 0 Å². The zero-order valence-corrected chi connectivity index (χ0v) is 15.4. The van der Waals surface area contributed by atoms with Crippen LogP contribution in [0, 0.1) is 6.92 Å². The van der Waals surface area contributed by atoms with Crippen molar-refractivity contribution in [3.8, 4) is 0 Å². The Morgan fingerprint density at radius 3 is 2.50 bits per heavy atom. The quantitative estimate of drug-likeness (QED) is 0.634. The molecule has 0 saturated carbocycles. The van der Waals surface area contributed by atoms with Crippen molar-refractivity contribution in [2.75, 3.05) is 17.6 Å². The molecule has 0 fully saturated rings. The van der Waals surface area contributed by atoms with Gasteiger partial charge in [-0.25, -0.2) is 0 Å². The van der Waals surface area contributed by atoms with Crippen LogP contribution in [0.2, 0.25) is 0 Å². The summed E-state index contributed by atoms with van der Waals surface area (Å²) in [6.07, 6.45) is 6.55. The van der Waals surface area contributed by atoms with Gasteiger partial charge >= 0.3 is 0 Å². The van der Waals surface area contributed by atoms with E-state index in [0.717, 1.165) is 25.1 Å². The lowest BCUT2D eigenvalue weighted by atomic mass is 9.76. The van der Waals surface area contributed by atoms with E-state index >= 15 is 0 Å². The van der Waals surface area contributed by atoms with Crippen LogP contribution in [0.15, 0.2) is 48.5 Å². The van der Waals surface area contributed by atoms with Crippen LogP contribution in [-0.4, -0.2) is 6.54 Å². The van der Waals surface area contributed by atoms with Crippen molar-refractivity contribution in [3.63, 3.8) is 0 Å². The van der Waals surface area contributed by atoms with E-state index in [1.807, 2.05) is 12.1 Å². The van der Waals surface area contributed by atoms with Gasteiger partial charge in [0.25, 0.3) is 0 Å². The molecule has 0 spiro atoms. The molecule has 2 aromatic carbocycles. The number of hydrogen-bond acceptors (Lipinski definition) is 2. The highest BCUT2D eigenvalue weighted by Gasteiger charge is 2.24. The average molecular weight is 322 g/mol. The van der Waals surface area contributed by atoms with Gasteiger partial charge in [-0.2, -0.15) is 0 Å². The lowest BCUT2D eigenvalue weighted by Crippen LogP contribution is -2.21. The van der Waals surface area contributed by atoms with Crippen LogP contribution in [0.4, 0.5) is 11.4 Å². The van der Waals surface area contributed by atoms with Gasteiger partial charge in [0.05, 0.1) is 0 Å². The van der Waals surface area contributed by atoms with Gasteiger partial charge in [0.15, 0.2) is 0 Å². The number of anilines is 2. The maximum atomic E-state index is 6.20. The maximum Gasteiger partial charge on any atom is 0.0352 e. The summed E-state index contributed by atoms with van der Waals surface area (Å²) in [5.41, 5.74) is 12.2. The van der Waals surface area contributed by atoms with Crippen LogP contribution in [0.25, 0.3) is 6.08 Å². The van der Waals surface area contributed by atoms with Crippen LogP contribution in [-0.2, 0) is 5.41 Å². The Hall–Kier alpha value is -2.22. The summed E-state index contributed by atoms with van der Waals surface area (Å²) >= 11 is 0. The van der Waals surface area contributed by atoms with Crippen LogP contribution in [0.5, 0.6) is 0 Å². The minimum Gasteiger partial charge on any atom is -0.398 e. The van der Waals surface area contributed by atoms with Crippen molar-refractivity contribution in [2.45, 2.75) is 46.0 Å². The summed E-state index contributed by atoms with van der Waals surface area (Å²) in [5.74, 6) is 0. The molecule has 2 aromatic rings. The Morgan fingerprint density at radius 1 is 1.12 bits per heavy atom. The average Bonchev–Trinajstić information content (AvgIpc) is 2.57. The Balaban J connectivity index is 2.16. The summed E-state index contributed by atoms with van der Waals surface area (Å²) in [7, 11) is 0. The molecule has 1 unspecified atom stereocenters. The fraction of sp³-hybridized carbons (Fsp3) is 0.364. The smallest absolute Gasteiger partial charge is 0.0352 e. The van der Waals surface area contributed by atoms with E-state index in [0.29, 0.717) is 0 Å². The number of rotatable bonds is 7. The van der Waals surface area contributed by atoms with Crippen LogP contribution in [0.3, 0.4) is 0 Å². The summed E-state index contributed by atoms with van der Waals surface area (Å²) in [6, 6.07) is 14.8. The number of nitrogen functional groups attached to an aromatic ring is 1. The first-order valence-corrected chi connectivity index (χ1v) is 8.86. The normalized spacial score (nSPS) is 13.8. The van der Waals surface area contributed by atoms with Gasteiger partial charge in [0, 0.05) is 17.9 Å². The summed E-state index contributed by atoms with van der Waals surface area (Å²) < 4.78 is 0. The molecule has 3 N–H and O–H groups in total. The lowest BCUT2D eigenvalue weighted by Gasteiger charge is -2.29. The molecule has 24 heavy (non-hydrogen) atoms. The Bertz CT molecular complexity index is 703. The Morgan fingerprint density at radius 2 is 1.88 bits per heavy atom. The highest BCUT2D eigenvalue weighted by atomic mass is 14.8. The lowest BCUT2D eigenvalue weighted by molar-refractivity contribution is 0.463. The van der Waals surface area contributed by atoms with Crippen LogP contribution >= 0.6 is 0 Å². The van der Waals surface area contributed by atoms with Crippen molar-refractivity contribution in [3.05, 3.63) is 65.2 Å². The first-order valence-electron chi connectivity index (χ1n) is 8.86. The number of hydrogen-bond donors (Lipinski definition) is 2. The molecule has 0 aromatic heterocycles. The summed E-state index contributed by atoms with van der Waals surface area (Å²) in [4.78, 5) is 0. The largest absolute Gasteiger partial charge is 0.398 e. The fourth-order valence-electron chi connectivity index (χ4n) is 3.11. The van der Waals surface area contributed by atoms with Gasteiger partial charge in [-0.1, -0.05) is 50.3 Å². The van der Waals surface area contributed by atoms with E-state index < -0.39 is 0 Å². The molecule has 0 bridgehead atoms. The van der Waals surface area contributed by atoms with Gasteiger partial charge in [-0.3, -0.25) is 0 Å². The molecule has 0 aliphatic heterocycles. The number of benzene rings is 2. The van der Waals surface area contributed by atoms with Gasteiger partial charge in [-0.15, -0.1) is 0 Å². The van der Waals surface area contributed by atoms with E-state index in [-0.39, 0.29) is 5.41 Å². The molecule has 0 saturated heterocycles. The van der Waals surface area contributed by atoms with Crippen molar-refractivity contribution in [2.24, 2.45) is 0 Å². The second-order valence-corrected chi connectivity index (χ2v) is 6.71. The number of aryl methyl sites for hydroxylation is 1. The van der Waals surface area contributed by atoms with Crippen LogP contribution < -0.4 is 11.1 Å². The molecule has 0 heterocycles. The minimum atomic E-state index is 0.0689. The third-order valence-corrected chi connectivity index (χ3v) is 4.91. The molecule has 0 aliphatic rings. The topological polar surface area (TPSA) is 38.0 Å². The molecule has 0 aliphatic carbocycles. The molecule has 1 atom stereocenters. The van der Waals surface area contributed by atoms with Gasteiger partial charge in [0.2, 0.25) is 0 Å².